The Hall–Kier alpha value is -1.73. The van der Waals surface area contributed by atoms with E-state index in [1.54, 1.807) is 13.3 Å². The fourth-order valence-corrected chi connectivity index (χ4v) is 3.52. The molecule has 0 aliphatic carbocycles. The average molecular weight is 501 g/mol. The number of rotatable bonds is 10. The first-order valence-corrected chi connectivity index (χ1v) is 10.2. The van der Waals surface area contributed by atoms with Crippen molar-refractivity contribution in [2.24, 2.45) is 0 Å². The van der Waals surface area contributed by atoms with Crippen molar-refractivity contribution in [2.75, 3.05) is 13.7 Å². The van der Waals surface area contributed by atoms with Crippen LogP contribution in [0.4, 0.5) is 0 Å². The van der Waals surface area contributed by atoms with E-state index in [9.17, 15) is 0 Å². The van der Waals surface area contributed by atoms with Gasteiger partial charge in [0.25, 0.3) is 0 Å². The highest BCUT2D eigenvalue weighted by Gasteiger charge is 2.12. The van der Waals surface area contributed by atoms with Crippen molar-refractivity contribution in [2.45, 2.75) is 26.1 Å². The number of hydrogen-bond acceptors (Lipinski definition) is 4. The van der Waals surface area contributed by atoms with Gasteiger partial charge in [-0.05, 0) is 64.3 Å². The summed E-state index contributed by atoms with van der Waals surface area (Å²) in [7, 11) is 1.65. The molecule has 0 amide bonds. The number of aromatic nitrogens is 2. The molecule has 1 N–H and O–H groups in total. The van der Waals surface area contributed by atoms with Gasteiger partial charge >= 0.3 is 0 Å². The number of benzene rings is 2. The van der Waals surface area contributed by atoms with Gasteiger partial charge in [0.15, 0.2) is 11.5 Å². The molecule has 0 bridgehead atoms. The minimum absolute atomic E-state index is 0. The predicted molar refractivity (Wildman–Crippen MR) is 122 cm³/mol. The van der Waals surface area contributed by atoms with Gasteiger partial charge < -0.3 is 19.4 Å². The third-order valence-electron chi connectivity index (χ3n) is 4.24. The average Bonchev–Trinajstić information content (AvgIpc) is 3.21. The zero-order valence-electron chi connectivity index (χ0n) is 16.1. The Morgan fingerprint density at radius 1 is 1.17 bits per heavy atom. The summed E-state index contributed by atoms with van der Waals surface area (Å²) < 4.78 is 14.5. The molecular formula is C21H24BrCl2N3O2. The molecule has 0 aliphatic heterocycles. The molecule has 0 aliphatic rings. The minimum Gasteiger partial charge on any atom is -0.493 e. The number of imidazole rings is 1. The van der Waals surface area contributed by atoms with Crippen LogP contribution in [0.2, 0.25) is 5.02 Å². The Labute approximate surface area is 190 Å². The van der Waals surface area contributed by atoms with E-state index in [0.717, 1.165) is 41.7 Å². The largest absolute Gasteiger partial charge is 0.493 e. The zero-order chi connectivity index (χ0) is 19.8. The lowest BCUT2D eigenvalue weighted by Gasteiger charge is -2.15. The van der Waals surface area contributed by atoms with Crippen LogP contribution in [0.15, 0.2) is 59.6 Å². The number of hydrogen-bond donors (Lipinski definition) is 1. The van der Waals surface area contributed by atoms with E-state index < -0.39 is 0 Å². The van der Waals surface area contributed by atoms with Crippen molar-refractivity contribution in [3.63, 3.8) is 0 Å². The van der Waals surface area contributed by atoms with E-state index in [1.165, 1.54) is 0 Å². The van der Waals surface area contributed by atoms with Crippen LogP contribution in [0, 0.1) is 0 Å². The van der Waals surface area contributed by atoms with Gasteiger partial charge in [-0.15, -0.1) is 12.4 Å². The van der Waals surface area contributed by atoms with Crippen molar-refractivity contribution in [1.29, 1.82) is 0 Å². The van der Waals surface area contributed by atoms with Gasteiger partial charge in [-0.3, -0.25) is 0 Å². The molecular weight excluding hydrogens is 477 g/mol. The Kier molecular flexibility index (Phi) is 9.81. The summed E-state index contributed by atoms with van der Waals surface area (Å²) in [5.41, 5.74) is 2.17. The third-order valence-corrected chi connectivity index (χ3v) is 5.08. The molecule has 1 aromatic heterocycles. The van der Waals surface area contributed by atoms with Crippen LogP contribution in [0.25, 0.3) is 0 Å². The second-order valence-electron chi connectivity index (χ2n) is 6.36. The summed E-state index contributed by atoms with van der Waals surface area (Å²) in [5.74, 6) is 1.40. The SMILES string of the molecule is COc1cc(CNCCCn2ccnc2)cc(Br)c1OCc1ccc(Cl)cc1.Cl. The van der Waals surface area contributed by atoms with Crippen LogP contribution in [-0.2, 0) is 19.7 Å². The molecule has 0 saturated heterocycles. The quantitative estimate of drug-likeness (QED) is 0.374. The fourth-order valence-electron chi connectivity index (χ4n) is 2.79. The molecule has 156 valence electrons. The number of methoxy groups -OCH3 is 1. The van der Waals surface area contributed by atoms with Crippen molar-refractivity contribution in [1.82, 2.24) is 14.9 Å². The summed E-state index contributed by atoms with van der Waals surface area (Å²) in [6.07, 6.45) is 6.65. The minimum atomic E-state index is 0. The van der Waals surface area contributed by atoms with Crippen molar-refractivity contribution >= 4 is 39.9 Å². The van der Waals surface area contributed by atoms with Crippen molar-refractivity contribution in [3.8, 4) is 11.5 Å². The normalized spacial score (nSPS) is 10.4. The molecule has 5 nitrogen and oxygen atoms in total. The van der Waals surface area contributed by atoms with Crippen LogP contribution in [-0.4, -0.2) is 23.2 Å². The summed E-state index contributed by atoms with van der Waals surface area (Å²) >= 11 is 9.54. The van der Waals surface area contributed by atoms with E-state index in [1.807, 2.05) is 42.9 Å². The van der Waals surface area contributed by atoms with Crippen LogP contribution < -0.4 is 14.8 Å². The molecule has 1 heterocycles. The summed E-state index contributed by atoms with van der Waals surface area (Å²) in [5, 5.41) is 4.17. The van der Waals surface area contributed by atoms with Gasteiger partial charge in [-0.1, -0.05) is 23.7 Å². The first-order valence-electron chi connectivity index (χ1n) is 9.06. The van der Waals surface area contributed by atoms with Gasteiger partial charge in [0.05, 0.1) is 17.9 Å². The third kappa shape index (κ3) is 7.23. The Morgan fingerprint density at radius 2 is 1.97 bits per heavy atom. The maximum Gasteiger partial charge on any atom is 0.175 e. The molecule has 0 atom stereocenters. The summed E-state index contributed by atoms with van der Waals surface area (Å²) in [6, 6.07) is 11.7. The van der Waals surface area contributed by atoms with Crippen LogP contribution in [0.5, 0.6) is 11.5 Å². The summed E-state index contributed by atoms with van der Waals surface area (Å²) in [6.45, 7) is 3.08. The van der Waals surface area contributed by atoms with Gasteiger partial charge in [0.2, 0.25) is 0 Å². The second kappa shape index (κ2) is 12.1. The van der Waals surface area contributed by atoms with E-state index >= 15 is 0 Å². The number of nitrogens with one attached hydrogen (secondary N) is 1. The molecule has 3 aromatic rings. The molecule has 0 unspecified atom stereocenters. The highest BCUT2D eigenvalue weighted by Crippen LogP contribution is 2.37. The van der Waals surface area contributed by atoms with Crippen LogP contribution >= 0.6 is 39.9 Å². The molecule has 0 fully saturated rings. The standard InChI is InChI=1S/C21H23BrClN3O2.ClH/c1-27-20-12-17(13-24-7-2-9-26-10-8-25-15-26)11-19(22)21(20)28-14-16-3-5-18(23)6-4-16;/h3-6,8,10-12,15,24H,2,7,9,13-14H2,1H3;1H. The molecule has 2 aromatic carbocycles. The first-order chi connectivity index (χ1) is 13.7. The maximum absolute atomic E-state index is 5.98. The Morgan fingerprint density at radius 3 is 2.66 bits per heavy atom. The Balaban J connectivity index is 0.00000300. The van der Waals surface area contributed by atoms with Gasteiger partial charge in [0, 0.05) is 30.5 Å². The number of ether oxygens (including phenoxy) is 2. The molecule has 0 spiro atoms. The molecule has 8 heteroatoms. The van der Waals surface area contributed by atoms with Gasteiger partial charge in [0.1, 0.15) is 6.61 Å². The molecule has 0 radical (unpaired) electrons. The highest BCUT2D eigenvalue weighted by molar-refractivity contribution is 9.10. The highest BCUT2D eigenvalue weighted by atomic mass is 79.9. The van der Waals surface area contributed by atoms with E-state index in [-0.39, 0.29) is 12.4 Å². The molecule has 0 saturated carbocycles. The Bertz CT molecular complexity index is 874. The lowest BCUT2D eigenvalue weighted by Crippen LogP contribution is -2.16. The lowest BCUT2D eigenvalue weighted by molar-refractivity contribution is 0.282. The smallest absolute Gasteiger partial charge is 0.175 e. The van der Waals surface area contributed by atoms with Crippen LogP contribution in [0.3, 0.4) is 0 Å². The van der Waals surface area contributed by atoms with E-state index in [4.69, 9.17) is 21.1 Å². The van der Waals surface area contributed by atoms with E-state index in [0.29, 0.717) is 23.1 Å². The predicted octanol–water partition coefficient (Wildman–Crippen LogP) is 5.49. The maximum atomic E-state index is 5.98. The van der Waals surface area contributed by atoms with Crippen LogP contribution in [0.1, 0.15) is 17.5 Å². The second-order valence-corrected chi connectivity index (χ2v) is 7.65. The zero-order valence-corrected chi connectivity index (χ0v) is 19.3. The van der Waals surface area contributed by atoms with E-state index in [2.05, 4.69) is 36.9 Å². The fraction of sp³-hybridized carbons (Fsp3) is 0.286. The van der Waals surface area contributed by atoms with Crippen molar-refractivity contribution in [3.05, 3.63) is 75.7 Å². The monoisotopic (exact) mass is 499 g/mol. The molecule has 29 heavy (non-hydrogen) atoms. The first kappa shape index (κ1) is 23.5. The number of halogens is 3. The van der Waals surface area contributed by atoms with Gasteiger partial charge in [-0.25, -0.2) is 4.98 Å². The topological polar surface area (TPSA) is 48.3 Å². The number of nitrogens with zero attached hydrogens (tertiary/aromatic N) is 2. The lowest BCUT2D eigenvalue weighted by atomic mass is 10.2. The van der Waals surface area contributed by atoms with Gasteiger partial charge in [-0.2, -0.15) is 0 Å². The van der Waals surface area contributed by atoms with Crippen molar-refractivity contribution < 1.29 is 9.47 Å². The molecule has 3 rings (SSSR count). The number of aryl methyl sites for hydroxylation is 1. The summed E-state index contributed by atoms with van der Waals surface area (Å²) in [4.78, 5) is 4.05.